The van der Waals surface area contributed by atoms with Gasteiger partial charge in [0.2, 0.25) is 0 Å². The van der Waals surface area contributed by atoms with Crippen molar-refractivity contribution in [1.29, 1.82) is 0 Å². The molecule has 0 aliphatic carbocycles. The fourth-order valence-electron chi connectivity index (χ4n) is 2.24. The van der Waals surface area contributed by atoms with Crippen molar-refractivity contribution in [1.82, 2.24) is 9.97 Å². The number of hydrogen-bond donors (Lipinski definition) is 0. The predicted molar refractivity (Wildman–Crippen MR) is 77.0 cm³/mol. The molecule has 0 fully saturated rings. The highest BCUT2D eigenvalue weighted by Crippen LogP contribution is 2.34. The Labute approximate surface area is 116 Å². The van der Waals surface area contributed by atoms with Gasteiger partial charge in [0.25, 0.3) is 0 Å². The summed E-state index contributed by atoms with van der Waals surface area (Å²) in [5.74, 6) is 2.62. The van der Waals surface area contributed by atoms with Gasteiger partial charge in [-0.1, -0.05) is 28.8 Å². The largest absolute Gasteiger partial charge is 0.232 e. The second-order valence-corrected chi connectivity index (χ2v) is 5.98. The fourth-order valence-corrected chi connectivity index (χ4v) is 3.62. The van der Waals surface area contributed by atoms with E-state index in [0.29, 0.717) is 5.15 Å². The maximum atomic E-state index is 6.24. The first-order chi connectivity index (χ1) is 8.63. The van der Waals surface area contributed by atoms with Crippen LogP contribution in [0.2, 0.25) is 5.15 Å². The number of thioether (sulfide) groups is 1. The highest BCUT2D eigenvalue weighted by Gasteiger charge is 2.19. The molecule has 4 heteroatoms. The molecule has 1 aliphatic heterocycles. The normalized spacial score (nSPS) is 13.7. The minimum absolute atomic E-state index is 0.610. The molecular formula is C14H13ClN2S. The first-order valence-corrected chi connectivity index (χ1v) is 7.38. The molecule has 0 radical (unpaired) electrons. The third-order valence-electron chi connectivity index (χ3n) is 3.01. The van der Waals surface area contributed by atoms with Crippen LogP contribution in [0.15, 0.2) is 18.2 Å². The molecule has 2 heterocycles. The van der Waals surface area contributed by atoms with Gasteiger partial charge < -0.3 is 0 Å². The summed E-state index contributed by atoms with van der Waals surface area (Å²) < 4.78 is 0. The molecule has 0 bridgehead atoms. The smallest absolute Gasteiger partial charge is 0.161 e. The molecule has 18 heavy (non-hydrogen) atoms. The Hall–Kier alpha value is -1.06. The van der Waals surface area contributed by atoms with Crippen LogP contribution in [0.1, 0.15) is 22.4 Å². The highest BCUT2D eigenvalue weighted by molar-refractivity contribution is 7.98. The van der Waals surface area contributed by atoms with E-state index in [2.05, 4.69) is 42.0 Å². The molecule has 92 valence electrons. The van der Waals surface area contributed by atoms with E-state index in [1.807, 2.05) is 11.8 Å². The third-order valence-corrected chi connectivity index (χ3v) is 4.29. The SMILES string of the molecule is Cc1cc(C)cc(-c2nc(Cl)c3c(n2)CSC3)c1. The van der Waals surface area contributed by atoms with E-state index in [9.17, 15) is 0 Å². The number of aryl methyl sites for hydroxylation is 2. The second kappa shape index (κ2) is 4.56. The van der Waals surface area contributed by atoms with E-state index in [4.69, 9.17) is 11.6 Å². The van der Waals surface area contributed by atoms with Crippen molar-refractivity contribution in [3.05, 3.63) is 45.7 Å². The van der Waals surface area contributed by atoms with Gasteiger partial charge in [0, 0.05) is 22.6 Å². The van der Waals surface area contributed by atoms with Gasteiger partial charge in [0.05, 0.1) is 5.69 Å². The molecule has 0 N–H and O–H groups in total. The van der Waals surface area contributed by atoms with E-state index >= 15 is 0 Å². The molecule has 0 saturated carbocycles. The first-order valence-electron chi connectivity index (χ1n) is 5.85. The number of nitrogens with zero attached hydrogens (tertiary/aromatic N) is 2. The Morgan fingerprint density at radius 2 is 1.78 bits per heavy atom. The Morgan fingerprint density at radius 1 is 1.06 bits per heavy atom. The summed E-state index contributed by atoms with van der Waals surface area (Å²) in [6.07, 6.45) is 0. The zero-order valence-electron chi connectivity index (χ0n) is 10.3. The number of fused-ring (bicyclic) bond motifs is 1. The van der Waals surface area contributed by atoms with E-state index in [0.717, 1.165) is 34.2 Å². The number of rotatable bonds is 1. The number of hydrogen-bond acceptors (Lipinski definition) is 3. The van der Waals surface area contributed by atoms with E-state index < -0.39 is 0 Å². The summed E-state index contributed by atoms with van der Waals surface area (Å²) in [5, 5.41) is 0.610. The van der Waals surface area contributed by atoms with Gasteiger partial charge in [-0.15, -0.1) is 0 Å². The van der Waals surface area contributed by atoms with Crippen molar-refractivity contribution in [2.45, 2.75) is 25.4 Å². The van der Waals surface area contributed by atoms with Crippen molar-refractivity contribution in [3.63, 3.8) is 0 Å². The lowest BCUT2D eigenvalue weighted by atomic mass is 10.1. The van der Waals surface area contributed by atoms with Crippen LogP contribution in [-0.4, -0.2) is 9.97 Å². The first kappa shape index (κ1) is 12.0. The topological polar surface area (TPSA) is 25.8 Å². The lowest BCUT2D eigenvalue weighted by molar-refractivity contribution is 1.07. The minimum atomic E-state index is 0.610. The lowest BCUT2D eigenvalue weighted by Gasteiger charge is -2.07. The molecule has 0 saturated heterocycles. The molecule has 0 unspecified atom stereocenters. The van der Waals surface area contributed by atoms with Gasteiger partial charge in [-0.3, -0.25) is 0 Å². The van der Waals surface area contributed by atoms with Crippen LogP contribution < -0.4 is 0 Å². The minimum Gasteiger partial charge on any atom is -0.232 e. The maximum Gasteiger partial charge on any atom is 0.161 e. The average Bonchev–Trinajstić information content (AvgIpc) is 2.76. The van der Waals surface area contributed by atoms with Crippen molar-refractivity contribution >= 4 is 23.4 Å². The monoisotopic (exact) mass is 276 g/mol. The maximum absolute atomic E-state index is 6.24. The van der Waals surface area contributed by atoms with E-state index in [-0.39, 0.29) is 0 Å². The summed E-state index contributed by atoms with van der Waals surface area (Å²) >= 11 is 8.08. The summed E-state index contributed by atoms with van der Waals surface area (Å²) in [5.41, 5.74) is 5.69. The van der Waals surface area contributed by atoms with Gasteiger partial charge in [-0.25, -0.2) is 9.97 Å². The molecule has 0 spiro atoms. The van der Waals surface area contributed by atoms with Crippen molar-refractivity contribution in [3.8, 4) is 11.4 Å². The van der Waals surface area contributed by atoms with E-state index in [1.54, 1.807) is 0 Å². The van der Waals surface area contributed by atoms with Crippen molar-refractivity contribution < 1.29 is 0 Å². The van der Waals surface area contributed by atoms with Crippen LogP contribution in [0.3, 0.4) is 0 Å². The van der Waals surface area contributed by atoms with Crippen LogP contribution in [0, 0.1) is 13.8 Å². The zero-order chi connectivity index (χ0) is 12.7. The molecule has 2 aromatic rings. The highest BCUT2D eigenvalue weighted by atomic mass is 35.5. The average molecular weight is 277 g/mol. The molecule has 0 amide bonds. The Bertz CT molecular complexity index is 605. The molecule has 1 aliphatic rings. The quantitative estimate of drug-likeness (QED) is 0.732. The van der Waals surface area contributed by atoms with Crippen LogP contribution >= 0.6 is 23.4 Å². The zero-order valence-corrected chi connectivity index (χ0v) is 11.9. The molecule has 1 aromatic heterocycles. The van der Waals surface area contributed by atoms with Gasteiger partial charge in [-0.2, -0.15) is 11.8 Å². The number of halogens is 1. The lowest BCUT2D eigenvalue weighted by Crippen LogP contribution is -1.98. The summed E-state index contributed by atoms with van der Waals surface area (Å²) in [4.78, 5) is 9.09. The summed E-state index contributed by atoms with van der Waals surface area (Å²) in [6.45, 7) is 4.17. The van der Waals surface area contributed by atoms with Crippen LogP contribution in [0.4, 0.5) is 0 Å². The molecule has 2 nitrogen and oxygen atoms in total. The van der Waals surface area contributed by atoms with Crippen molar-refractivity contribution in [2.75, 3.05) is 0 Å². The molecule has 3 rings (SSSR count). The van der Waals surface area contributed by atoms with Crippen LogP contribution in [-0.2, 0) is 11.5 Å². The molecule has 0 atom stereocenters. The Morgan fingerprint density at radius 3 is 2.50 bits per heavy atom. The third kappa shape index (κ3) is 2.13. The second-order valence-electron chi connectivity index (χ2n) is 4.63. The predicted octanol–water partition coefficient (Wildman–Crippen LogP) is 4.16. The Balaban J connectivity index is 2.15. The van der Waals surface area contributed by atoms with Gasteiger partial charge in [0.15, 0.2) is 5.82 Å². The number of aromatic nitrogens is 2. The van der Waals surface area contributed by atoms with Crippen molar-refractivity contribution in [2.24, 2.45) is 0 Å². The standard InChI is InChI=1S/C14H13ClN2S/c1-8-3-9(2)5-10(4-8)14-16-12-7-18-6-11(12)13(15)17-14/h3-5H,6-7H2,1-2H3. The van der Waals surface area contributed by atoms with Gasteiger partial charge in [0.1, 0.15) is 5.15 Å². The number of benzene rings is 1. The molecular weight excluding hydrogens is 264 g/mol. The Kier molecular flexibility index (Phi) is 3.04. The fraction of sp³-hybridized carbons (Fsp3) is 0.286. The van der Waals surface area contributed by atoms with Crippen LogP contribution in [0.5, 0.6) is 0 Å². The van der Waals surface area contributed by atoms with Crippen LogP contribution in [0.25, 0.3) is 11.4 Å². The van der Waals surface area contributed by atoms with E-state index in [1.165, 1.54) is 11.1 Å². The summed E-state index contributed by atoms with van der Waals surface area (Å²) in [7, 11) is 0. The van der Waals surface area contributed by atoms with Gasteiger partial charge in [-0.05, 0) is 26.0 Å². The molecule has 1 aromatic carbocycles. The summed E-state index contributed by atoms with van der Waals surface area (Å²) in [6, 6.07) is 6.36. The van der Waals surface area contributed by atoms with Gasteiger partial charge >= 0.3 is 0 Å².